The second-order valence-corrected chi connectivity index (χ2v) is 4.21. The van der Waals surface area contributed by atoms with E-state index in [9.17, 15) is 9.59 Å². The summed E-state index contributed by atoms with van der Waals surface area (Å²) >= 11 is 0. The number of likely N-dealkylation sites (tertiary alicyclic amines) is 1. The van der Waals surface area contributed by atoms with Gasteiger partial charge >= 0.3 is 5.97 Å². The lowest BCUT2D eigenvalue weighted by Gasteiger charge is -2.32. The van der Waals surface area contributed by atoms with Crippen molar-refractivity contribution in [3.8, 4) is 0 Å². The summed E-state index contributed by atoms with van der Waals surface area (Å²) in [6, 6.07) is -0.127. The van der Waals surface area contributed by atoms with Crippen molar-refractivity contribution in [2.24, 2.45) is 0 Å². The molecular weight excluding hydrogens is 220 g/mol. The first-order valence-electron chi connectivity index (χ1n) is 6.36. The van der Waals surface area contributed by atoms with Gasteiger partial charge < -0.3 is 15.0 Å². The lowest BCUT2D eigenvalue weighted by molar-refractivity contribution is -0.150. The van der Waals surface area contributed by atoms with Gasteiger partial charge in [0.15, 0.2) is 0 Å². The smallest absolute Gasteiger partial charge is 0.325 e. The Morgan fingerprint density at radius 2 is 2.29 bits per heavy atom. The second-order valence-electron chi connectivity index (χ2n) is 4.21. The first-order chi connectivity index (χ1) is 8.19. The number of carbonyl (C=O) groups is 2. The first-order valence-corrected chi connectivity index (χ1v) is 6.36. The van der Waals surface area contributed by atoms with Crippen LogP contribution in [0, 0.1) is 0 Å². The van der Waals surface area contributed by atoms with Crippen LogP contribution in [0.1, 0.15) is 33.1 Å². The lowest BCUT2D eigenvalue weighted by Crippen LogP contribution is -2.52. The zero-order valence-corrected chi connectivity index (χ0v) is 10.7. The van der Waals surface area contributed by atoms with Gasteiger partial charge in [0.2, 0.25) is 5.91 Å². The monoisotopic (exact) mass is 242 g/mol. The van der Waals surface area contributed by atoms with Crippen molar-refractivity contribution in [3.63, 3.8) is 0 Å². The predicted octanol–water partition coefficient (Wildman–Crippen LogP) is 0.540. The molecule has 0 aliphatic carbocycles. The fourth-order valence-electron chi connectivity index (χ4n) is 1.97. The zero-order valence-electron chi connectivity index (χ0n) is 10.7. The molecule has 1 aliphatic rings. The molecule has 0 aromatic heterocycles. The molecule has 17 heavy (non-hydrogen) atoms. The Balaban J connectivity index is 2.44. The van der Waals surface area contributed by atoms with Crippen molar-refractivity contribution in [3.05, 3.63) is 0 Å². The van der Waals surface area contributed by atoms with Gasteiger partial charge in [0.05, 0.1) is 12.6 Å². The molecule has 1 atom stereocenters. The molecule has 5 heteroatoms. The Bertz CT molecular complexity index is 268. The number of amides is 1. The molecule has 0 aromatic carbocycles. The molecular formula is C12H22N2O3. The number of hydrogen-bond donors (Lipinski definition) is 1. The minimum atomic E-state index is -0.322. The number of ether oxygens (including phenoxy) is 1. The highest BCUT2D eigenvalue weighted by Crippen LogP contribution is 2.11. The third-order valence-corrected chi connectivity index (χ3v) is 2.80. The van der Waals surface area contributed by atoms with Gasteiger partial charge in [-0.25, -0.2) is 0 Å². The van der Waals surface area contributed by atoms with Crippen LogP contribution in [-0.2, 0) is 14.3 Å². The summed E-state index contributed by atoms with van der Waals surface area (Å²) in [6.45, 7) is 5.76. The Morgan fingerprint density at radius 1 is 1.53 bits per heavy atom. The third kappa shape index (κ3) is 4.34. The van der Waals surface area contributed by atoms with Crippen LogP contribution in [-0.4, -0.2) is 49.1 Å². The molecule has 1 aliphatic heterocycles. The van der Waals surface area contributed by atoms with Gasteiger partial charge in [0.25, 0.3) is 0 Å². The standard InChI is InChI=1S/C12H22N2O3/c1-3-7-13-10-6-5-8-14(12(10)16)9-11(15)17-4-2/h10,13H,3-9H2,1-2H3. The molecule has 0 bridgehead atoms. The predicted molar refractivity (Wildman–Crippen MR) is 64.5 cm³/mol. The van der Waals surface area contributed by atoms with Gasteiger partial charge in [-0.1, -0.05) is 6.92 Å². The highest BCUT2D eigenvalue weighted by atomic mass is 16.5. The van der Waals surface area contributed by atoms with E-state index in [0.29, 0.717) is 13.2 Å². The Labute approximate surface area is 102 Å². The van der Waals surface area contributed by atoms with Crippen molar-refractivity contribution in [1.82, 2.24) is 10.2 Å². The number of piperidine rings is 1. The maximum atomic E-state index is 12.0. The van der Waals surface area contributed by atoms with Crippen molar-refractivity contribution in [2.45, 2.75) is 39.2 Å². The van der Waals surface area contributed by atoms with Gasteiger partial charge in [-0.2, -0.15) is 0 Å². The molecule has 0 aromatic rings. The molecule has 0 radical (unpaired) electrons. The van der Waals surface area contributed by atoms with E-state index >= 15 is 0 Å². The molecule has 1 amide bonds. The summed E-state index contributed by atoms with van der Waals surface area (Å²) in [7, 11) is 0. The maximum absolute atomic E-state index is 12.0. The molecule has 98 valence electrons. The van der Waals surface area contributed by atoms with Crippen molar-refractivity contribution >= 4 is 11.9 Å². The quantitative estimate of drug-likeness (QED) is 0.691. The van der Waals surface area contributed by atoms with Crippen LogP contribution >= 0.6 is 0 Å². The van der Waals surface area contributed by atoms with Gasteiger partial charge in [-0.3, -0.25) is 9.59 Å². The van der Waals surface area contributed by atoms with E-state index < -0.39 is 0 Å². The Kier molecular flexibility index (Phi) is 5.97. The van der Waals surface area contributed by atoms with Crippen molar-refractivity contribution in [1.29, 1.82) is 0 Å². The highest BCUT2D eigenvalue weighted by molar-refractivity contribution is 5.86. The SMILES string of the molecule is CCCNC1CCCN(CC(=O)OCC)C1=O. The molecule has 5 nitrogen and oxygen atoms in total. The second kappa shape index (κ2) is 7.27. The number of rotatable bonds is 6. The van der Waals surface area contributed by atoms with E-state index in [2.05, 4.69) is 12.2 Å². The van der Waals surface area contributed by atoms with Crippen LogP contribution in [0.3, 0.4) is 0 Å². The summed E-state index contributed by atoms with van der Waals surface area (Å²) in [4.78, 5) is 25.0. The molecule has 1 heterocycles. The lowest BCUT2D eigenvalue weighted by atomic mass is 10.0. The van der Waals surface area contributed by atoms with E-state index in [1.807, 2.05) is 0 Å². The summed E-state index contributed by atoms with van der Waals surface area (Å²) in [6.07, 6.45) is 2.80. The van der Waals surface area contributed by atoms with Crippen molar-refractivity contribution < 1.29 is 14.3 Å². The molecule has 1 N–H and O–H groups in total. The Morgan fingerprint density at radius 3 is 2.94 bits per heavy atom. The zero-order chi connectivity index (χ0) is 12.7. The highest BCUT2D eigenvalue weighted by Gasteiger charge is 2.29. The van der Waals surface area contributed by atoms with Crippen LogP contribution in [0.25, 0.3) is 0 Å². The van der Waals surface area contributed by atoms with E-state index in [1.165, 1.54) is 0 Å². The first kappa shape index (κ1) is 14.0. The number of nitrogens with zero attached hydrogens (tertiary/aromatic N) is 1. The normalized spacial score (nSPS) is 20.5. The molecule has 0 saturated carbocycles. The average molecular weight is 242 g/mol. The number of carbonyl (C=O) groups excluding carboxylic acids is 2. The fourth-order valence-corrected chi connectivity index (χ4v) is 1.97. The minimum absolute atomic E-state index is 0.0257. The molecule has 0 spiro atoms. The summed E-state index contributed by atoms with van der Waals surface area (Å²) < 4.78 is 4.86. The molecule has 1 rings (SSSR count). The molecule has 1 fully saturated rings. The number of esters is 1. The summed E-state index contributed by atoms with van der Waals surface area (Å²) in [5.41, 5.74) is 0. The van der Waals surface area contributed by atoms with E-state index in [4.69, 9.17) is 4.74 Å². The van der Waals surface area contributed by atoms with Crippen molar-refractivity contribution in [2.75, 3.05) is 26.2 Å². The largest absolute Gasteiger partial charge is 0.465 e. The summed E-state index contributed by atoms with van der Waals surface area (Å²) in [5.74, 6) is -0.297. The van der Waals surface area contributed by atoms with Gasteiger partial charge in [0.1, 0.15) is 6.54 Å². The maximum Gasteiger partial charge on any atom is 0.325 e. The van der Waals surface area contributed by atoms with E-state index in [-0.39, 0.29) is 24.5 Å². The summed E-state index contributed by atoms with van der Waals surface area (Å²) in [5, 5.41) is 3.21. The molecule has 1 saturated heterocycles. The van der Waals surface area contributed by atoms with Crippen LogP contribution in [0.2, 0.25) is 0 Å². The van der Waals surface area contributed by atoms with Gasteiger partial charge in [-0.05, 0) is 32.7 Å². The molecule has 1 unspecified atom stereocenters. The number of nitrogens with one attached hydrogen (secondary N) is 1. The van der Waals surface area contributed by atoms with Gasteiger partial charge in [0, 0.05) is 6.54 Å². The van der Waals surface area contributed by atoms with E-state index in [0.717, 1.165) is 25.8 Å². The topological polar surface area (TPSA) is 58.6 Å². The van der Waals surface area contributed by atoms with Crippen LogP contribution in [0.5, 0.6) is 0 Å². The van der Waals surface area contributed by atoms with Gasteiger partial charge in [-0.15, -0.1) is 0 Å². The minimum Gasteiger partial charge on any atom is -0.465 e. The van der Waals surface area contributed by atoms with Crippen LogP contribution in [0.4, 0.5) is 0 Å². The third-order valence-electron chi connectivity index (χ3n) is 2.80. The number of hydrogen-bond acceptors (Lipinski definition) is 4. The Hall–Kier alpha value is -1.10. The van der Waals surface area contributed by atoms with Crippen LogP contribution in [0.15, 0.2) is 0 Å². The van der Waals surface area contributed by atoms with E-state index in [1.54, 1.807) is 11.8 Å². The average Bonchev–Trinajstić information content (AvgIpc) is 2.30. The van der Waals surface area contributed by atoms with Crippen LogP contribution < -0.4 is 5.32 Å². The fraction of sp³-hybridized carbons (Fsp3) is 0.833.